The number of piperazine rings is 1. The number of amides is 2. The normalized spacial score (nSPS) is 15.6. The summed E-state index contributed by atoms with van der Waals surface area (Å²) in [6.45, 7) is 9.32. The average molecular weight is 382 g/mol. The SMILES string of the molecule is CC(C)Cc1ccc(C(C)NC(=O)N2CCN(c3cccc(O)c3)CC2)cc1. The van der Waals surface area contributed by atoms with Crippen LogP contribution in [0.4, 0.5) is 10.5 Å². The molecule has 1 atom stereocenters. The number of hydrogen-bond acceptors (Lipinski definition) is 3. The van der Waals surface area contributed by atoms with Gasteiger partial charge in [-0.3, -0.25) is 0 Å². The fourth-order valence-electron chi connectivity index (χ4n) is 3.63. The number of nitrogens with zero attached hydrogens (tertiary/aromatic N) is 2. The Morgan fingerprint density at radius 2 is 1.71 bits per heavy atom. The topological polar surface area (TPSA) is 55.8 Å². The van der Waals surface area contributed by atoms with Crippen LogP contribution in [0.15, 0.2) is 48.5 Å². The van der Waals surface area contributed by atoms with E-state index in [9.17, 15) is 9.90 Å². The number of carbonyl (C=O) groups is 1. The monoisotopic (exact) mass is 381 g/mol. The van der Waals surface area contributed by atoms with E-state index in [1.54, 1.807) is 12.1 Å². The predicted molar refractivity (Wildman–Crippen MR) is 114 cm³/mol. The first kappa shape index (κ1) is 20.1. The quantitative estimate of drug-likeness (QED) is 0.817. The molecule has 1 heterocycles. The summed E-state index contributed by atoms with van der Waals surface area (Å²) < 4.78 is 0. The fraction of sp³-hybridized carbons (Fsp3) is 0.435. The smallest absolute Gasteiger partial charge is 0.317 e. The van der Waals surface area contributed by atoms with Gasteiger partial charge in [-0.2, -0.15) is 0 Å². The third-order valence-electron chi connectivity index (χ3n) is 5.23. The summed E-state index contributed by atoms with van der Waals surface area (Å²) in [4.78, 5) is 16.7. The van der Waals surface area contributed by atoms with Crippen LogP contribution >= 0.6 is 0 Å². The van der Waals surface area contributed by atoms with E-state index in [0.717, 1.165) is 30.8 Å². The molecule has 2 amide bonds. The number of carbonyl (C=O) groups excluding carboxylic acids is 1. The first-order valence-corrected chi connectivity index (χ1v) is 10.1. The molecule has 0 saturated carbocycles. The molecule has 1 unspecified atom stereocenters. The van der Waals surface area contributed by atoms with Gasteiger partial charge in [-0.05, 0) is 42.5 Å². The maximum Gasteiger partial charge on any atom is 0.317 e. The molecular formula is C23H31N3O2. The first-order chi connectivity index (χ1) is 13.4. The highest BCUT2D eigenvalue weighted by molar-refractivity contribution is 5.75. The molecule has 2 aromatic carbocycles. The number of anilines is 1. The molecule has 3 rings (SSSR count). The molecule has 0 aliphatic carbocycles. The number of benzene rings is 2. The molecule has 0 radical (unpaired) electrons. The first-order valence-electron chi connectivity index (χ1n) is 10.1. The third kappa shape index (κ3) is 5.18. The van der Waals surface area contributed by atoms with Gasteiger partial charge in [0.25, 0.3) is 0 Å². The van der Waals surface area contributed by atoms with Crippen molar-refractivity contribution in [3.63, 3.8) is 0 Å². The van der Waals surface area contributed by atoms with Crippen molar-refractivity contribution < 1.29 is 9.90 Å². The van der Waals surface area contributed by atoms with Crippen LogP contribution in [0.5, 0.6) is 5.75 Å². The Kier molecular flexibility index (Phi) is 6.45. The zero-order valence-electron chi connectivity index (χ0n) is 17.1. The minimum absolute atomic E-state index is 0.0192. The molecule has 5 nitrogen and oxygen atoms in total. The minimum atomic E-state index is -0.0234. The summed E-state index contributed by atoms with van der Waals surface area (Å²) in [5.41, 5.74) is 3.45. The molecule has 0 aromatic heterocycles. The highest BCUT2D eigenvalue weighted by Crippen LogP contribution is 2.21. The van der Waals surface area contributed by atoms with Gasteiger partial charge in [0.05, 0.1) is 6.04 Å². The summed E-state index contributed by atoms with van der Waals surface area (Å²) in [5, 5.41) is 12.8. The van der Waals surface area contributed by atoms with E-state index in [-0.39, 0.29) is 17.8 Å². The van der Waals surface area contributed by atoms with Crippen LogP contribution < -0.4 is 10.2 Å². The molecule has 1 saturated heterocycles. The largest absolute Gasteiger partial charge is 0.508 e. The number of urea groups is 1. The van der Waals surface area contributed by atoms with Crippen LogP contribution in [0, 0.1) is 5.92 Å². The number of rotatable bonds is 5. The third-order valence-corrected chi connectivity index (χ3v) is 5.23. The standard InChI is InChI=1S/C23H31N3O2/c1-17(2)15-19-7-9-20(10-8-19)18(3)24-23(28)26-13-11-25(12-14-26)21-5-4-6-22(27)16-21/h4-10,16-18,27H,11-15H2,1-3H3,(H,24,28). The van der Waals surface area contributed by atoms with Gasteiger partial charge in [0.15, 0.2) is 0 Å². The summed E-state index contributed by atoms with van der Waals surface area (Å²) in [6, 6.07) is 15.8. The van der Waals surface area contributed by atoms with Gasteiger partial charge in [-0.25, -0.2) is 4.79 Å². The lowest BCUT2D eigenvalue weighted by molar-refractivity contribution is 0.191. The molecule has 2 aromatic rings. The lowest BCUT2D eigenvalue weighted by atomic mass is 10.00. The second-order valence-electron chi connectivity index (χ2n) is 8.00. The molecule has 1 fully saturated rings. The van der Waals surface area contributed by atoms with E-state index < -0.39 is 0 Å². The Balaban J connectivity index is 1.51. The molecule has 28 heavy (non-hydrogen) atoms. The zero-order chi connectivity index (χ0) is 20.1. The van der Waals surface area contributed by atoms with Crippen molar-refractivity contribution in [3.8, 4) is 5.75 Å². The van der Waals surface area contributed by atoms with Crippen molar-refractivity contribution >= 4 is 11.7 Å². The second kappa shape index (κ2) is 9.00. The van der Waals surface area contributed by atoms with Crippen molar-refractivity contribution in [3.05, 3.63) is 59.7 Å². The van der Waals surface area contributed by atoms with Crippen molar-refractivity contribution in [2.75, 3.05) is 31.1 Å². The van der Waals surface area contributed by atoms with E-state index in [1.807, 2.05) is 24.0 Å². The van der Waals surface area contributed by atoms with E-state index in [4.69, 9.17) is 0 Å². The van der Waals surface area contributed by atoms with Crippen molar-refractivity contribution in [2.24, 2.45) is 5.92 Å². The van der Waals surface area contributed by atoms with Gasteiger partial charge in [-0.1, -0.05) is 44.2 Å². The summed E-state index contributed by atoms with van der Waals surface area (Å²) >= 11 is 0. The lowest BCUT2D eigenvalue weighted by Crippen LogP contribution is -2.52. The maximum atomic E-state index is 12.6. The van der Waals surface area contributed by atoms with Crippen LogP contribution in [-0.4, -0.2) is 42.2 Å². The molecule has 2 N–H and O–H groups in total. The van der Waals surface area contributed by atoms with Crippen molar-refractivity contribution in [2.45, 2.75) is 33.2 Å². The summed E-state index contributed by atoms with van der Waals surface area (Å²) in [6.07, 6.45) is 1.07. The Morgan fingerprint density at radius 3 is 2.32 bits per heavy atom. The number of phenolic OH excluding ortho intramolecular Hbond substituents is 1. The van der Waals surface area contributed by atoms with E-state index >= 15 is 0 Å². The van der Waals surface area contributed by atoms with Crippen LogP contribution in [-0.2, 0) is 6.42 Å². The van der Waals surface area contributed by atoms with E-state index in [2.05, 4.69) is 48.3 Å². The average Bonchev–Trinajstić information content (AvgIpc) is 2.68. The van der Waals surface area contributed by atoms with Crippen LogP contribution in [0.25, 0.3) is 0 Å². The van der Waals surface area contributed by atoms with Gasteiger partial charge in [0.1, 0.15) is 5.75 Å². The van der Waals surface area contributed by atoms with Gasteiger partial charge in [0.2, 0.25) is 0 Å². The van der Waals surface area contributed by atoms with E-state index in [0.29, 0.717) is 19.0 Å². The van der Waals surface area contributed by atoms with E-state index in [1.165, 1.54) is 5.56 Å². The minimum Gasteiger partial charge on any atom is -0.508 e. The molecule has 5 heteroatoms. The van der Waals surface area contributed by atoms with Crippen LogP contribution in [0.2, 0.25) is 0 Å². The molecule has 1 aliphatic rings. The van der Waals surface area contributed by atoms with Crippen LogP contribution in [0.3, 0.4) is 0 Å². The molecular weight excluding hydrogens is 350 g/mol. The second-order valence-corrected chi connectivity index (χ2v) is 8.00. The molecule has 0 bridgehead atoms. The van der Waals surface area contributed by atoms with Crippen LogP contribution in [0.1, 0.15) is 37.9 Å². The molecule has 1 aliphatic heterocycles. The van der Waals surface area contributed by atoms with Gasteiger partial charge in [0, 0.05) is 37.9 Å². The molecule has 0 spiro atoms. The Bertz CT molecular complexity index is 781. The molecule has 150 valence electrons. The highest BCUT2D eigenvalue weighted by Gasteiger charge is 2.22. The fourth-order valence-corrected chi connectivity index (χ4v) is 3.63. The Labute approximate surface area is 168 Å². The van der Waals surface area contributed by atoms with Crippen molar-refractivity contribution in [1.82, 2.24) is 10.2 Å². The maximum absolute atomic E-state index is 12.6. The lowest BCUT2D eigenvalue weighted by Gasteiger charge is -2.36. The predicted octanol–water partition coefficient (Wildman–Crippen LogP) is 4.18. The summed E-state index contributed by atoms with van der Waals surface area (Å²) in [5.74, 6) is 0.910. The Morgan fingerprint density at radius 1 is 1.04 bits per heavy atom. The number of hydrogen-bond donors (Lipinski definition) is 2. The zero-order valence-corrected chi connectivity index (χ0v) is 17.1. The van der Waals surface area contributed by atoms with Gasteiger partial charge < -0.3 is 20.2 Å². The number of nitrogens with one attached hydrogen (secondary N) is 1. The number of phenols is 1. The van der Waals surface area contributed by atoms with Crippen molar-refractivity contribution in [1.29, 1.82) is 0 Å². The highest BCUT2D eigenvalue weighted by atomic mass is 16.3. The summed E-state index contributed by atoms with van der Waals surface area (Å²) in [7, 11) is 0. The van der Waals surface area contributed by atoms with Gasteiger partial charge >= 0.3 is 6.03 Å². The van der Waals surface area contributed by atoms with Gasteiger partial charge in [-0.15, -0.1) is 0 Å². The Hall–Kier alpha value is -2.69. The number of aromatic hydroxyl groups is 1.